The lowest BCUT2D eigenvalue weighted by atomic mass is 10.1. The Morgan fingerprint density at radius 2 is 1.60 bits per heavy atom. The fourth-order valence-corrected chi connectivity index (χ4v) is 3.46. The van der Waals surface area contributed by atoms with E-state index in [0.717, 1.165) is 0 Å². The van der Waals surface area contributed by atoms with Crippen LogP contribution in [-0.4, -0.2) is 14.1 Å². The van der Waals surface area contributed by atoms with Gasteiger partial charge in [0.2, 0.25) is 0 Å². The molecule has 0 aliphatic rings. The highest BCUT2D eigenvalue weighted by Gasteiger charge is 2.19. The molecule has 0 aromatic carbocycles. The molecule has 0 aliphatic carbocycles. The Morgan fingerprint density at radius 3 is 1.70 bits per heavy atom. The zero-order valence-corrected chi connectivity index (χ0v) is 8.94. The average Bonchev–Trinajstić information content (AvgIpc) is 1.60. The molecule has 2 atom stereocenters. The molecule has 0 aromatic heterocycles. The first kappa shape index (κ1) is 10.2. The minimum absolute atomic E-state index is 0.367. The van der Waals surface area contributed by atoms with Crippen molar-refractivity contribution in [3.05, 3.63) is 0 Å². The van der Waals surface area contributed by atoms with Crippen molar-refractivity contribution in [2.75, 3.05) is 0 Å². The predicted molar refractivity (Wildman–Crippen MR) is 51.0 cm³/mol. The normalized spacial score (nSPS) is 18.6. The molecule has 2 N–H and O–H groups in total. The summed E-state index contributed by atoms with van der Waals surface area (Å²) < 4.78 is 0. The van der Waals surface area contributed by atoms with Crippen LogP contribution in [0.15, 0.2) is 0 Å². The lowest BCUT2D eigenvalue weighted by molar-refractivity contribution is 0.522. The molecular formula is C8H21NSi. The number of hydrogen-bond acceptors (Lipinski definition) is 1. The van der Waals surface area contributed by atoms with Gasteiger partial charge in [0.1, 0.15) is 0 Å². The van der Waals surface area contributed by atoms with Crippen molar-refractivity contribution < 1.29 is 0 Å². The smallest absolute Gasteiger partial charge is 0.0445 e. The van der Waals surface area contributed by atoms with Crippen LogP contribution in [0, 0.1) is 5.92 Å². The van der Waals surface area contributed by atoms with Gasteiger partial charge in [-0.1, -0.05) is 32.6 Å². The second-order valence-corrected chi connectivity index (χ2v) is 10.1. The summed E-state index contributed by atoms with van der Waals surface area (Å²) in [5, 5.41) is 0. The Labute approximate surface area is 66.0 Å². The van der Waals surface area contributed by atoms with E-state index in [1.54, 1.807) is 0 Å². The van der Waals surface area contributed by atoms with E-state index in [9.17, 15) is 0 Å². The Morgan fingerprint density at radius 1 is 1.20 bits per heavy atom. The fourth-order valence-electron chi connectivity index (χ4n) is 1.15. The van der Waals surface area contributed by atoms with E-state index in [4.69, 9.17) is 5.73 Å². The molecular weight excluding hydrogens is 138 g/mol. The van der Waals surface area contributed by atoms with Gasteiger partial charge in [-0.15, -0.1) is 0 Å². The zero-order valence-electron chi connectivity index (χ0n) is 7.94. The summed E-state index contributed by atoms with van der Waals surface area (Å²) in [6.45, 7) is 11.5. The molecule has 2 unspecified atom stereocenters. The van der Waals surface area contributed by atoms with Gasteiger partial charge in [0, 0.05) is 14.1 Å². The first-order chi connectivity index (χ1) is 4.33. The Bertz CT molecular complexity index is 93.9. The highest BCUT2D eigenvalue weighted by molar-refractivity contribution is 6.76. The maximum Gasteiger partial charge on any atom is 0.0445 e. The minimum Gasteiger partial charge on any atom is -0.328 e. The lowest BCUT2D eigenvalue weighted by Gasteiger charge is -2.23. The van der Waals surface area contributed by atoms with Crippen LogP contribution in [-0.2, 0) is 0 Å². The second kappa shape index (κ2) is 3.53. The van der Waals surface area contributed by atoms with E-state index in [0.29, 0.717) is 12.0 Å². The molecule has 0 aromatic rings. The Kier molecular flexibility index (Phi) is 3.60. The van der Waals surface area contributed by atoms with Crippen LogP contribution in [0.25, 0.3) is 0 Å². The van der Waals surface area contributed by atoms with Gasteiger partial charge < -0.3 is 5.73 Å². The summed E-state index contributed by atoms with van der Waals surface area (Å²) in [6.07, 6.45) is 0. The number of rotatable bonds is 3. The van der Waals surface area contributed by atoms with Crippen molar-refractivity contribution in [2.45, 2.75) is 45.6 Å². The monoisotopic (exact) mass is 159 g/mol. The van der Waals surface area contributed by atoms with Crippen molar-refractivity contribution in [1.82, 2.24) is 0 Å². The van der Waals surface area contributed by atoms with Crippen molar-refractivity contribution in [2.24, 2.45) is 11.7 Å². The Balaban J connectivity index is 3.68. The third-order valence-corrected chi connectivity index (χ3v) is 3.70. The quantitative estimate of drug-likeness (QED) is 0.628. The van der Waals surface area contributed by atoms with Gasteiger partial charge in [-0.3, -0.25) is 0 Å². The predicted octanol–water partition coefficient (Wildman–Crippen LogP) is 2.31. The third kappa shape index (κ3) is 5.00. The summed E-state index contributed by atoms with van der Waals surface area (Å²) in [4.78, 5) is 0. The van der Waals surface area contributed by atoms with E-state index in [2.05, 4.69) is 33.5 Å². The molecule has 0 heterocycles. The highest BCUT2D eigenvalue weighted by Crippen LogP contribution is 2.17. The van der Waals surface area contributed by atoms with Gasteiger partial charge in [-0.25, -0.2) is 0 Å². The topological polar surface area (TPSA) is 26.0 Å². The van der Waals surface area contributed by atoms with Crippen molar-refractivity contribution in [3.8, 4) is 0 Å². The molecule has 0 radical (unpaired) electrons. The summed E-state index contributed by atoms with van der Waals surface area (Å²) in [5.74, 6) is 0.701. The SMILES string of the molecule is CC(N)C(C)C[Si](C)(C)C. The molecule has 0 amide bonds. The minimum atomic E-state index is -0.863. The Hall–Kier alpha value is 0.177. The van der Waals surface area contributed by atoms with Crippen molar-refractivity contribution in [1.29, 1.82) is 0 Å². The highest BCUT2D eigenvalue weighted by atomic mass is 28.3. The van der Waals surface area contributed by atoms with Crippen LogP contribution < -0.4 is 5.73 Å². The molecule has 10 heavy (non-hydrogen) atoms. The van der Waals surface area contributed by atoms with E-state index in [-0.39, 0.29) is 0 Å². The largest absolute Gasteiger partial charge is 0.328 e. The van der Waals surface area contributed by atoms with E-state index in [1.807, 2.05) is 0 Å². The lowest BCUT2D eigenvalue weighted by Crippen LogP contribution is -2.31. The standard InChI is InChI=1S/C8H21NSi/c1-7(8(2)9)6-10(3,4)5/h7-8H,6,9H2,1-5H3. The van der Waals surface area contributed by atoms with E-state index in [1.165, 1.54) is 6.04 Å². The molecule has 0 fully saturated rings. The van der Waals surface area contributed by atoms with Gasteiger partial charge in [-0.05, 0) is 12.8 Å². The molecule has 62 valence electrons. The van der Waals surface area contributed by atoms with Crippen LogP contribution in [0.1, 0.15) is 13.8 Å². The first-order valence-electron chi connectivity index (χ1n) is 4.08. The molecule has 2 heteroatoms. The maximum absolute atomic E-state index is 5.77. The zero-order chi connectivity index (χ0) is 8.36. The molecule has 0 aliphatic heterocycles. The van der Waals surface area contributed by atoms with Crippen LogP contribution in [0.3, 0.4) is 0 Å². The van der Waals surface area contributed by atoms with Gasteiger partial charge >= 0.3 is 0 Å². The summed E-state index contributed by atoms with van der Waals surface area (Å²) in [6, 6.07) is 1.72. The summed E-state index contributed by atoms with van der Waals surface area (Å²) in [5.41, 5.74) is 5.77. The van der Waals surface area contributed by atoms with Crippen molar-refractivity contribution in [3.63, 3.8) is 0 Å². The van der Waals surface area contributed by atoms with Gasteiger partial charge in [0.05, 0.1) is 0 Å². The summed E-state index contributed by atoms with van der Waals surface area (Å²) >= 11 is 0. The van der Waals surface area contributed by atoms with Gasteiger partial charge in [0.25, 0.3) is 0 Å². The van der Waals surface area contributed by atoms with Crippen LogP contribution in [0.5, 0.6) is 0 Å². The van der Waals surface area contributed by atoms with Gasteiger partial charge in [0.15, 0.2) is 0 Å². The van der Waals surface area contributed by atoms with Crippen LogP contribution in [0.2, 0.25) is 25.7 Å². The molecule has 0 saturated heterocycles. The molecule has 0 bridgehead atoms. The second-order valence-electron chi connectivity index (χ2n) is 4.60. The third-order valence-electron chi connectivity index (χ3n) is 1.83. The number of nitrogens with two attached hydrogens (primary N) is 1. The van der Waals surface area contributed by atoms with Crippen LogP contribution in [0.4, 0.5) is 0 Å². The van der Waals surface area contributed by atoms with Crippen molar-refractivity contribution >= 4 is 8.07 Å². The van der Waals surface area contributed by atoms with E-state index >= 15 is 0 Å². The summed E-state index contributed by atoms with van der Waals surface area (Å²) in [7, 11) is -0.863. The molecule has 0 rings (SSSR count). The average molecular weight is 159 g/mol. The number of hydrogen-bond donors (Lipinski definition) is 1. The van der Waals surface area contributed by atoms with E-state index < -0.39 is 8.07 Å². The molecule has 0 spiro atoms. The fraction of sp³-hybridized carbons (Fsp3) is 1.00. The van der Waals surface area contributed by atoms with Gasteiger partial charge in [-0.2, -0.15) is 0 Å². The first-order valence-corrected chi connectivity index (χ1v) is 7.79. The van der Waals surface area contributed by atoms with Crippen LogP contribution >= 0.6 is 0 Å². The molecule has 1 nitrogen and oxygen atoms in total. The molecule has 0 saturated carbocycles. The maximum atomic E-state index is 5.77.